The van der Waals surface area contributed by atoms with Gasteiger partial charge in [-0.25, -0.2) is 14.5 Å². The third-order valence-corrected chi connectivity index (χ3v) is 7.16. The van der Waals surface area contributed by atoms with Crippen molar-refractivity contribution < 1.29 is 9.59 Å². The molecule has 3 amide bonds. The van der Waals surface area contributed by atoms with Gasteiger partial charge in [0, 0.05) is 38.4 Å². The van der Waals surface area contributed by atoms with Gasteiger partial charge in [-0.2, -0.15) is 5.10 Å². The number of aryl methyl sites for hydroxylation is 2. The summed E-state index contributed by atoms with van der Waals surface area (Å²) in [6.07, 6.45) is 4.86. The molecule has 9 heteroatoms. The molecule has 1 fully saturated rings. The Balaban J connectivity index is 1.41. The zero-order valence-electron chi connectivity index (χ0n) is 21.8. The van der Waals surface area contributed by atoms with Gasteiger partial charge >= 0.3 is 6.03 Å². The van der Waals surface area contributed by atoms with E-state index in [1.165, 1.54) is 0 Å². The number of benzene rings is 2. The van der Waals surface area contributed by atoms with E-state index >= 15 is 0 Å². The summed E-state index contributed by atoms with van der Waals surface area (Å²) in [5.41, 5.74) is 11.8. The maximum absolute atomic E-state index is 13.6. The second-order valence-electron chi connectivity index (χ2n) is 9.70. The Labute approximate surface area is 222 Å². The van der Waals surface area contributed by atoms with Crippen LogP contribution in [0.4, 0.5) is 10.5 Å². The standard InChI is InChI=1S/C29H33N7O2/c1-3-36-27-24(18-33-36)26(34-22-11-13-35(14-12-22)29(30)38)25(17-31-27)28(37)32-16-21-10-9-19(2)15-23(21)20-7-5-4-6-8-20/h4-10,15,17-18,22H,3,11-14,16H2,1-2H3,(H2,30,38)(H,31,34)(H,32,37). The Morgan fingerprint density at radius 1 is 1.08 bits per heavy atom. The van der Waals surface area contributed by atoms with Crippen molar-refractivity contribution in [3.8, 4) is 11.1 Å². The van der Waals surface area contributed by atoms with Gasteiger partial charge in [0.1, 0.15) is 0 Å². The van der Waals surface area contributed by atoms with Gasteiger partial charge in [-0.1, -0.05) is 54.1 Å². The summed E-state index contributed by atoms with van der Waals surface area (Å²) in [6, 6.07) is 16.2. The summed E-state index contributed by atoms with van der Waals surface area (Å²) in [5, 5.41) is 12.0. The van der Waals surface area contributed by atoms with E-state index in [0.29, 0.717) is 31.7 Å². The normalized spacial score (nSPS) is 14.0. The first-order valence-electron chi connectivity index (χ1n) is 13.0. The SMILES string of the molecule is CCn1ncc2c(NC3CCN(C(N)=O)CC3)c(C(=O)NCc3ccc(C)cc3-c3ccccc3)cnc21. The number of nitrogens with one attached hydrogen (secondary N) is 2. The molecule has 0 unspecified atom stereocenters. The molecule has 5 rings (SSSR count). The average molecular weight is 512 g/mol. The monoisotopic (exact) mass is 511 g/mol. The predicted octanol–water partition coefficient (Wildman–Crippen LogP) is 4.31. The van der Waals surface area contributed by atoms with E-state index in [1.807, 2.05) is 29.8 Å². The highest BCUT2D eigenvalue weighted by Gasteiger charge is 2.25. The first-order valence-corrected chi connectivity index (χ1v) is 13.0. The van der Waals surface area contributed by atoms with Crippen LogP contribution in [0.3, 0.4) is 0 Å². The van der Waals surface area contributed by atoms with E-state index in [0.717, 1.165) is 51.8 Å². The van der Waals surface area contributed by atoms with Gasteiger partial charge in [0.2, 0.25) is 0 Å². The lowest BCUT2D eigenvalue weighted by atomic mass is 9.97. The molecule has 0 saturated carbocycles. The molecule has 1 aliphatic heterocycles. The number of fused-ring (bicyclic) bond motifs is 1. The summed E-state index contributed by atoms with van der Waals surface area (Å²) in [5.74, 6) is -0.208. The van der Waals surface area contributed by atoms with Gasteiger partial charge in [0.15, 0.2) is 5.65 Å². The molecule has 9 nitrogen and oxygen atoms in total. The van der Waals surface area contributed by atoms with Crippen LogP contribution in [-0.4, -0.2) is 50.7 Å². The summed E-state index contributed by atoms with van der Waals surface area (Å²) in [6.45, 7) is 6.28. The fraction of sp³-hybridized carbons (Fsp3) is 0.310. The number of hydrogen-bond donors (Lipinski definition) is 3. The number of aromatic nitrogens is 3. The Morgan fingerprint density at radius 2 is 1.84 bits per heavy atom. The van der Waals surface area contributed by atoms with Crippen LogP contribution in [0, 0.1) is 6.92 Å². The second kappa shape index (κ2) is 10.9. The first-order chi connectivity index (χ1) is 18.4. The molecular formula is C29H33N7O2. The van der Waals surface area contributed by atoms with Crippen LogP contribution in [0.2, 0.25) is 0 Å². The van der Waals surface area contributed by atoms with Crippen molar-refractivity contribution in [1.82, 2.24) is 25.0 Å². The molecule has 1 saturated heterocycles. The van der Waals surface area contributed by atoms with Gasteiger partial charge in [0.25, 0.3) is 5.91 Å². The molecule has 0 spiro atoms. The molecule has 2 aromatic carbocycles. The van der Waals surface area contributed by atoms with E-state index in [-0.39, 0.29) is 11.9 Å². The molecule has 2 aromatic heterocycles. The fourth-order valence-electron chi connectivity index (χ4n) is 5.04. The minimum Gasteiger partial charge on any atom is -0.381 e. The molecular weight excluding hydrogens is 478 g/mol. The van der Waals surface area contributed by atoms with Crippen molar-refractivity contribution in [2.75, 3.05) is 18.4 Å². The molecule has 1 aliphatic rings. The highest BCUT2D eigenvalue weighted by atomic mass is 16.2. The summed E-state index contributed by atoms with van der Waals surface area (Å²) in [4.78, 5) is 31.4. The van der Waals surface area contributed by atoms with E-state index < -0.39 is 6.03 Å². The topological polar surface area (TPSA) is 118 Å². The van der Waals surface area contributed by atoms with Gasteiger partial charge < -0.3 is 21.3 Å². The molecule has 38 heavy (non-hydrogen) atoms. The molecule has 196 valence electrons. The Morgan fingerprint density at radius 3 is 2.55 bits per heavy atom. The van der Waals surface area contributed by atoms with Gasteiger partial charge in [0.05, 0.1) is 22.8 Å². The van der Waals surface area contributed by atoms with Crippen molar-refractivity contribution in [3.63, 3.8) is 0 Å². The van der Waals surface area contributed by atoms with E-state index in [2.05, 4.69) is 58.0 Å². The number of carbonyl (C=O) groups excluding carboxylic acids is 2. The molecule has 3 heterocycles. The van der Waals surface area contributed by atoms with E-state index in [1.54, 1.807) is 17.3 Å². The van der Waals surface area contributed by atoms with Crippen LogP contribution < -0.4 is 16.4 Å². The number of urea groups is 1. The van der Waals surface area contributed by atoms with Gasteiger partial charge in [-0.15, -0.1) is 0 Å². The van der Waals surface area contributed by atoms with Crippen LogP contribution in [0.25, 0.3) is 22.2 Å². The quantitative estimate of drug-likeness (QED) is 0.342. The number of hydrogen-bond acceptors (Lipinski definition) is 5. The van der Waals surface area contributed by atoms with Gasteiger partial charge in [-0.05, 0) is 43.4 Å². The highest BCUT2D eigenvalue weighted by Crippen LogP contribution is 2.29. The molecule has 0 bridgehead atoms. The van der Waals surface area contributed by atoms with Crippen LogP contribution in [0.1, 0.15) is 41.3 Å². The Kier molecular flexibility index (Phi) is 7.26. The molecule has 4 N–H and O–H groups in total. The number of primary amides is 1. The largest absolute Gasteiger partial charge is 0.381 e. The van der Waals surface area contributed by atoms with E-state index in [9.17, 15) is 9.59 Å². The van der Waals surface area contributed by atoms with Crippen molar-refractivity contribution in [1.29, 1.82) is 0 Å². The number of nitrogens with two attached hydrogens (primary N) is 1. The maximum Gasteiger partial charge on any atom is 0.314 e. The summed E-state index contributed by atoms with van der Waals surface area (Å²) >= 11 is 0. The lowest BCUT2D eigenvalue weighted by Gasteiger charge is -2.32. The van der Waals surface area contributed by atoms with Crippen molar-refractivity contribution in [2.24, 2.45) is 5.73 Å². The number of carbonyl (C=O) groups is 2. The van der Waals surface area contributed by atoms with E-state index in [4.69, 9.17) is 5.73 Å². The lowest BCUT2D eigenvalue weighted by molar-refractivity contribution is 0.0951. The number of amides is 3. The van der Waals surface area contributed by atoms with Gasteiger partial charge in [-0.3, -0.25) is 4.79 Å². The zero-order valence-corrected chi connectivity index (χ0v) is 21.8. The van der Waals surface area contributed by atoms with Crippen molar-refractivity contribution in [2.45, 2.75) is 45.8 Å². The molecule has 0 radical (unpaired) electrons. The minimum atomic E-state index is -0.398. The van der Waals surface area contributed by atoms with Crippen LogP contribution in [-0.2, 0) is 13.1 Å². The second-order valence-corrected chi connectivity index (χ2v) is 9.70. The number of anilines is 1. The number of likely N-dealkylation sites (tertiary alicyclic amines) is 1. The number of piperidine rings is 1. The summed E-state index contributed by atoms with van der Waals surface area (Å²) < 4.78 is 1.82. The summed E-state index contributed by atoms with van der Waals surface area (Å²) in [7, 11) is 0. The third-order valence-electron chi connectivity index (χ3n) is 7.16. The number of pyridine rings is 1. The zero-order chi connectivity index (χ0) is 26.6. The maximum atomic E-state index is 13.6. The van der Waals surface area contributed by atoms with Crippen molar-refractivity contribution >= 4 is 28.7 Å². The Hall–Kier alpha value is -4.40. The van der Waals surface area contributed by atoms with Crippen LogP contribution in [0.5, 0.6) is 0 Å². The lowest BCUT2D eigenvalue weighted by Crippen LogP contribution is -2.44. The van der Waals surface area contributed by atoms with Crippen LogP contribution in [0.15, 0.2) is 60.9 Å². The predicted molar refractivity (Wildman–Crippen MR) is 149 cm³/mol. The highest BCUT2D eigenvalue weighted by molar-refractivity contribution is 6.06. The first kappa shape index (κ1) is 25.3. The minimum absolute atomic E-state index is 0.0921. The fourth-order valence-corrected chi connectivity index (χ4v) is 5.04. The third kappa shape index (κ3) is 5.18. The van der Waals surface area contributed by atoms with Crippen LogP contribution >= 0.6 is 0 Å². The Bertz CT molecular complexity index is 1460. The molecule has 0 atom stereocenters. The smallest absolute Gasteiger partial charge is 0.314 e. The molecule has 4 aromatic rings. The number of nitrogens with zero attached hydrogens (tertiary/aromatic N) is 4. The number of rotatable bonds is 7. The molecule has 0 aliphatic carbocycles. The average Bonchev–Trinajstić information content (AvgIpc) is 3.37. The van der Waals surface area contributed by atoms with Crippen molar-refractivity contribution in [3.05, 3.63) is 77.6 Å².